The summed E-state index contributed by atoms with van der Waals surface area (Å²) in [6.07, 6.45) is 3.53. The number of pyridine rings is 1. The molecular weight excluding hydrogens is 406 g/mol. The summed E-state index contributed by atoms with van der Waals surface area (Å²) in [6.45, 7) is 0. The monoisotopic (exact) mass is 423 g/mol. The van der Waals surface area contributed by atoms with E-state index in [0.717, 1.165) is 5.69 Å². The Bertz CT molecular complexity index is 1450. The van der Waals surface area contributed by atoms with Crippen molar-refractivity contribution >= 4 is 28.7 Å². The molecule has 0 atom stereocenters. The van der Waals surface area contributed by atoms with Crippen LogP contribution in [-0.4, -0.2) is 24.3 Å². The molecule has 0 aliphatic heterocycles. The number of nitrogens with one attached hydrogen (secondary N) is 1. The molecule has 0 aliphatic rings. The molecule has 3 heterocycles. The molecule has 9 heteroatoms. The Balaban J connectivity index is 1.68. The van der Waals surface area contributed by atoms with Gasteiger partial charge in [-0.2, -0.15) is 0 Å². The number of benzene rings is 2. The van der Waals surface area contributed by atoms with Gasteiger partial charge in [0.2, 0.25) is 5.95 Å². The van der Waals surface area contributed by atoms with Gasteiger partial charge in [-0.25, -0.2) is 15.0 Å². The minimum atomic E-state index is -0.499. The number of fused-ring (bicyclic) bond motifs is 1. The van der Waals surface area contributed by atoms with Gasteiger partial charge in [0, 0.05) is 29.7 Å². The number of nitrogen functional groups attached to an aromatic ring is 1. The normalized spacial score (nSPS) is 10.9. The molecule has 3 N–H and O–H groups in total. The van der Waals surface area contributed by atoms with Gasteiger partial charge in [0.15, 0.2) is 0 Å². The van der Waals surface area contributed by atoms with E-state index in [-0.39, 0.29) is 11.4 Å². The van der Waals surface area contributed by atoms with Gasteiger partial charge < -0.3 is 11.1 Å². The van der Waals surface area contributed by atoms with Crippen LogP contribution in [0, 0.1) is 10.1 Å². The third-order valence-corrected chi connectivity index (χ3v) is 4.96. The lowest BCUT2D eigenvalue weighted by atomic mass is 10.1. The summed E-state index contributed by atoms with van der Waals surface area (Å²) in [5.41, 5.74) is 9.71. The zero-order valence-electron chi connectivity index (χ0n) is 16.7. The highest BCUT2D eigenvalue weighted by atomic mass is 16.6. The zero-order valence-corrected chi connectivity index (χ0v) is 16.7. The number of para-hydroxylation sites is 1. The van der Waals surface area contributed by atoms with E-state index in [1.807, 2.05) is 59.1 Å². The number of aromatic nitrogens is 4. The Morgan fingerprint density at radius 1 is 0.969 bits per heavy atom. The molecule has 0 amide bonds. The first kappa shape index (κ1) is 19.2. The molecule has 0 spiro atoms. The maximum Gasteiger partial charge on any atom is 0.292 e. The highest BCUT2D eigenvalue weighted by Gasteiger charge is 2.20. The SMILES string of the molecule is Nc1ccc(-c2nc3ccccn3c2-c2ccnc(Nc3ccccc3)n2)cc1[N+](=O)[O-]. The largest absolute Gasteiger partial charge is 0.393 e. The van der Waals surface area contributed by atoms with Crippen molar-refractivity contribution in [3.05, 3.63) is 95.3 Å². The summed E-state index contributed by atoms with van der Waals surface area (Å²) in [5, 5.41) is 14.6. The fraction of sp³-hybridized carbons (Fsp3) is 0. The smallest absolute Gasteiger partial charge is 0.292 e. The maximum atomic E-state index is 11.4. The van der Waals surface area contributed by atoms with E-state index in [1.165, 1.54) is 12.1 Å². The number of imidazole rings is 1. The molecule has 0 unspecified atom stereocenters. The third-order valence-electron chi connectivity index (χ3n) is 4.96. The van der Waals surface area contributed by atoms with Crippen molar-refractivity contribution in [2.75, 3.05) is 11.1 Å². The molecule has 5 rings (SSSR count). The van der Waals surface area contributed by atoms with Crippen molar-refractivity contribution in [3.63, 3.8) is 0 Å². The molecule has 0 saturated carbocycles. The van der Waals surface area contributed by atoms with Crippen LogP contribution in [0.15, 0.2) is 85.2 Å². The van der Waals surface area contributed by atoms with Crippen LogP contribution in [0.3, 0.4) is 0 Å². The van der Waals surface area contributed by atoms with Crippen LogP contribution >= 0.6 is 0 Å². The van der Waals surface area contributed by atoms with E-state index in [2.05, 4.69) is 15.3 Å². The Kier molecular flexibility index (Phi) is 4.68. The van der Waals surface area contributed by atoms with Crippen LogP contribution in [-0.2, 0) is 0 Å². The van der Waals surface area contributed by atoms with Gasteiger partial charge >= 0.3 is 0 Å². The summed E-state index contributed by atoms with van der Waals surface area (Å²) in [4.78, 5) is 24.6. The van der Waals surface area contributed by atoms with Gasteiger partial charge in [0.05, 0.1) is 22.0 Å². The maximum absolute atomic E-state index is 11.4. The number of hydrogen-bond donors (Lipinski definition) is 2. The van der Waals surface area contributed by atoms with Gasteiger partial charge in [-0.3, -0.25) is 14.5 Å². The molecule has 0 saturated heterocycles. The molecular formula is C23H17N7O2. The van der Waals surface area contributed by atoms with Crippen molar-refractivity contribution in [1.29, 1.82) is 0 Å². The fourth-order valence-corrected chi connectivity index (χ4v) is 3.49. The Hall–Kier alpha value is -4.79. The molecule has 2 aromatic carbocycles. The molecule has 0 aliphatic carbocycles. The van der Waals surface area contributed by atoms with Crippen LogP contribution in [0.1, 0.15) is 0 Å². The molecule has 0 radical (unpaired) electrons. The minimum Gasteiger partial charge on any atom is -0.393 e. The Morgan fingerprint density at radius 3 is 2.59 bits per heavy atom. The molecule has 0 fully saturated rings. The van der Waals surface area contributed by atoms with E-state index >= 15 is 0 Å². The molecule has 32 heavy (non-hydrogen) atoms. The van der Waals surface area contributed by atoms with Crippen molar-refractivity contribution in [2.45, 2.75) is 0 Å². The number of nitro benzene ring substituents is 1. The highest BCUT2D eigenvalue weighted by Crippen LogP contribution is 2.35. The van der Waals surface area contributed by atoms with E-state index in [9.17, 15) is 10.1 Å². The summed E-state index contributed by atoms with van der Waals surface area (Å²) in [6, 6.07) is 21.7. The molecule has 9 nitrogen and oxygen atoms in total. The van der Waals surface area contributed by atoms with Crippen molar-refractivity contribution < 1.29 is 4.92 Å². The van der Waals surface area contributed by atoms with E-state index in [4.69, 9.17) is 10.7 Å². The average Bonchev–Trinajstić information content (AvgIpc) is 3.20. The van der Waals surface area contributed by atoms with Crippen molar-refractivity contribution in [1.82, 2.24) is 19.4 Å². The second-order valence-corrected chi connectivity index (χ2v) is 7.03. The lowest BCUT2D eigenvalue weighted by Crippen LogP contribution is -2.00. The highest BCUT2D eigenvalue weighted by molar-refractivity contribution is 5.83. The summed E-state index contributed by atoms with van der Waals surface area (Å²) in [5.74, 6) is 0.425. The first-order valence-electron chi connectivity index (χ1n) is 9.77. The molecule has 5 aromatic rings. The van der Waals surface area contributed by atoms with Crippen LogP contribution in [0.25, 0.3) is 28.3 Å². The van der Waals surface area contributed by atoms with Crippen molar-refractivity contribution in [2.24, 2.45) is 0 Å². The topological polar surface area (TPSA) is 124 Å². The summed E-state index contributed by atoms with van der Waals surface area (Å²) >= 11 is 0. The first-order chi connectivity index (χ1) is 15.6. The zero-order chi connectivity index (χ0) is 22.1. The van der Waals surface area contributed by atoms with Gasteiger partial charge in [0.1, 0.15) is 11.3 Å². The first-order valence-corrected chi connectivity index (χ1v) is 9.77. The van der Waals surface area contributed by atoms with E-state index < -0.39 is 4.92 Å². The second kappa shape index (κ2) is 7.80. The average molecular weight is 423 g/mol. The Morgan fingerprint density at radius 2 is 1.78 bits per heavy atom. The number of anilines is 3. The lowest BCUT2D eigenvalue weighted by Gasteiger charge is -2.08. The van der Waals surface area contributed by atoms with E-state index in [1.54, 1.807) is 18.3 Å². The van der Waals surface area contributed by atoms with Gasteiger partial charge in [-0.05, 0) is 36.4 Å². The lowest BCUT2D eigenvalue weighted by molar-refractivity contribution is -0.383. The van der Waals surface area contributed by atoms with Gasteiger partial charge in [-0.1, -0.05) is 30.3 Å². The number of rotatable bonds is 5. The number of nitrogens with two attached hydrogens (primary N) is 1. The van der Waals surface area contributed by atoms with E-state index in [0.29, 0.717) is 34.2 Å². The van der Waals surface area contributed by atoms with Gasteiger partial charge in [-0.15, -0.1) is 0 Å². The van der Waals surface area contributed by atoms with Crippen molar-refractivity contribution in [3.8, 4) is 22.6 Å². The van der Waals surface area contributed by atoms with Crippen LogP contribution in [0.2, 0.25) is 0 Å². The number of nitro groups is 1. The predicted molar refractivity (Wildman–Crippen MR) is 122 cm³/mol. The summed E-state index contributed by atoms with van der Waals surface area (Å²) in [7, 11) is 0. The van der Waals surface area contributed by atoms with Crippen LogP contribution in [0.4, 0.5) is 23.0 Å². The van der Waals surface area contributed by atoms with Crippen LogP contribution < -0.4 is 11.1 Å². The third kappa shape index (κ3) is 3.47. The number of nitrogens with zero attached hydrogens (tertiary/aromatic N) is 5. The molecule has 156 valence electrons. The Labute approximate surface area is 182 Å². The molecule has 3 aromatic heterocycles. The fourth-order valence-electron chi connectivity index (χ4n) is 3.49. The van der Waals surface area contributed by atoms with Gasteiger partial charge in [0.25, 0.3) is 5.69 Å². The van der Waals surface area contributed by atoms with Crippen LogP contribution in [0.5, 0.6) is 0 Å². The molecule has 0 bridgehead atoms. The minimum absolute atomic E-state index is 0.0976. The summed E-state index contributed by atoms with van der Waals surface area (Å²) < 4.78 is 1.89. The standard InChI is InChI=1S/C23H17N7O2/c24-17-10-9-15(14-19(17)30(31)32)21-22(29-13-5-4-8-20(29)28-21)18-11-12-25-23(27-18)26-16-6-2-1-3-7-16/h1-14H,24H2,(H,25,26,27). The predicted octanol–water partition coefficient (Wildman–Crippen LogP) is 4.69. The quantitative estimate of drug-likeness (QED) is 0.239. The number of hydrogen-bond acceptors (Lipinski definition) is 7. The second-order valence-electron chi connectivity index (χ2n) is 7.03.